The number of nitrogens with two attached hydrogens (primary N) is 1. The van der Waals surface area contributed by atoms with Crippen LogP contribution in [0.4, 0.5) is 5.69 Å². The number of halogens is 1. The molecule has 90 valence electrons. The first-order valence-corrected chi connectivity index (χ1v) is 6.85. The van der Waals surface area contributed by atoms with Gasteiger partial charge >= 0.3 is 0 Å². The van der Waals surface area contributed by atoms with Gasteiger partial charge in [-0.1, -0.05) is 23.7 Å². The minimum Gasteiger partial charge on any atom is -0.399 e. The Kier molecular flexibility index (Phi) is 3.52. The summed E-state index contributed by atoms with van der Waals surface area (Å²) < 4.78 is 21.1. The summed E-state index contributed by atoms with van der Waals surface area (Å²) in [4.78, 5) is 0. The number of rotatable bonds is 3. The molecule has 0 heterocycles. The number of aliphatic hydroxyl groups excluding tert-OH is 1. The van der Waals surface area contributed by atoms with Crippen molar-refractivity contribution in [3.63, 3.8) is 0 Å². The van der Waals surface area contributed by atoms with E-state index in [0.717, 1.165) is 6.26 Å². The van der Waals surface area contributed by atoms with E-state index in [2.05, 4.69) is 0 Å². The van der Waals surface area contributed by atoms with Crippen LogP contribution in [0.15, 0.2) is 24.3 Å². The van der Waals surface area contributed by atoms with Gasteiger partial charge in [0.2, 0.25) is 0 Å². The molecule has 16 heavy (non-hydrogen) atoms. The second kappa shape index (κ2) is 4.24. The van der Waals surface area contributed by atoms with Crippen molar-refractivity contribution in [3.8, 4) is 0 Å². The van der Waals surface area contributed by atoms with E-state index >= 15 is 0 Å². The zero-order chi connectivity index (χ0) is 12.6. The van der Waals surface area contributed by atoms with Crippen molar-refractivity contribution in [3.05, 3.63) is 29.8 Å². The standard InChI is InChI=1S/C10H14ClNO3S/c1-10(11,16(2,14)15)9(13)7-3-5-8(12)6-4-7/h3-6,9,13H,12H2,1-2H3/t9-,10-/m1/s1. The molecule has 0 spiro atoms. The maximum absolute atomic E-state index is 11.4. The second-order valence-electron chi connectivity index (χ2n) is 3.83. The number of alkyl halides is 1. The number of hydrogen-bond acceptors (Lipinski definition) is 4. The van der Waals surface area contributed by atoms with E-state index in [1.807, 2.05) is 0 Å². The van der Waals surface area contributed by atoms with E-state index in [4.69, 9.17) is 17.3 Å². The molecule has 2 atom stereocenters. The van der Waals surface area contributed by atoms with Gasteiger partial charge in [0.15, 0.2) is 14.0 Å². The molecular weight excluding hydrogens is 250 g/mol. The normalized spacial score (nSPS) is 17.8. The fourth-order valence-corrected chi connectivity index (χ4v) is 1.85. The first-order chi connectivity index (χ1) is 7.16. The van der Waals surface area contributed by atoms with Crippen LogP contribution in [0.2, 0.25) is 0 Å². The van der Waals surface area contributed by atoms with Gasteiger partial charge in [-0.25, -0.2) is 8.42 Å². The SMILES string of the molecule is C[C@](Cl)([C@H](O)c1ccc(N)cc1)S(C)(=O)=O. The molecule has 1 rings (SSSR count). The maximum atomic E-state index is 11.4. The molecule has 0 bridgehead atoms. The number of sulfone groups is 1. The summed E-state index contributed by atoms with van der Waals surface area (Å²) in [6.45, 7) is 1.27. The number of benzene rings is 1. The lowest BCUT2D eigenvalue weighted by Gasteiger charge is -2.26. The quantitative estimate of drug-likeness (QED) is 0.636. The van der Waals surface area contributed by atoms with Crippen LogP contribution in [0.1, 0.15) is 18.6 Å². The molecule has 0 aliphatic heterocycles. The third-order valence-corrected chi connectivity index (χ3v) is 5.19. The zero-order valence-electron chi connectivity index (χ0n) is 9.01. The van der Waals surface area contributed by atoms with Crippen LogP contribution in [0.3, 0.4) is 0 Å². The first kappa shape index (κ1) is 13.3. The Morgan fingerprint density at radius 3 is 2.19 bits per heavy atom. The molecule has 6 heteroatoms. The highest BCUT2D eigenvalue weighted by atomic mass is 35.5. The lowest BCUT2D eigenvalue weighted by atomic mass is 10.1. The molecule has 0 aliphatic carbocycles. The number of nitrogen functional groups attached to an aromatic ring is 1. The summed E-state index contributed by atoms with van der Waals surface area (Å²) in [5, 5.41) is 9.92. The van der Waals surface area contributed by atoms with Crippen LogP contribution in [0, 0.1) is 0 Å². The molecule has 0 aromatic heterocycles. The zero-order valence-corrected chi connectivity index (χ0v) is 10.6. The molecule has 0 unspecified atom stereocenters. The van der Waals surface area contributed by atoms with Crippen molar-refractivity contribution < 1.29 is 13.5 Å². The third-order valence-electron chi connectivity index (χ3n) is 2.47. The van der Waals surface area contributed by atoms with E-state index in [9.17, 15) is 13.5 Å². The van der Waals surface area contributed by atoms with Gasteiger partial charge in [-0.3, -0.25) is 0 Å². The highest BCUT2D eigenvalue weighted by Gasteiger charge is 2.41. The molecule has 0 saturated heterocycles. The monoisotopic (exact) mass is 263 g/mol. The Morgan fingerprint density at radius 2 is 1.81 bits per heavy atom. The first-order valence-electron chi connectivity index (χ1n) is 4.58. The fraction of sp³-hybridized carbons (Fsp3) is 0.400. The van der Waals surface area contributed by atoms with E-state index in [-0.39, 0.29) is 0 Å². The van der Waals surface area contributed by atoms with Gasteiger partial charge < -0.3 is 10.8 Å². The van der Waals surface area contributed by atoms with Crippen LogP contribution < -0.4 is 5.73 Å². The van der Waals surface area contributed by atoms with E-state index in [1.165, 1.54) is 6.92 Å². The maximum Gasteiger partial charge on any atom is 0.172 e. The number of aliphatic hydroxyl groups is 1. The molecule has 3 N–H and O–H groups in total. The number of anilines is 1. The van der Waals surface area contributed by atoms with E-state index in [1.54, 1.807) is 24.3 Å². The smallest absolute Gasteiger partial charge is 0.172 e. The van der Waals surface area contributed by atoms with Crippen molar-refractivity contribution >= 4 is 27.1 Å². The highest BCUT2D eigenvalue weighted by molar-refractivity contribution is 7.93. The second-order valence-corrected chi connectivity index (χ2v) is 7.23. The fourth-order valence-electron chi connectivity index (χ4n) is 1.18. The minimum atomic E-state index is -3.58. The van der Waals surface area contributed by atoms with Crippen molar-refractivity contribution in [1.29, 1.82) is 0 Å². The Bertz CT molecular complexity index is 467. The van der Waals surface area contributed by atoms with Crippen molar-refractivity contribution in [1.82, 2.24) is 0 Å². The Morgan fingerprint density at radius 1 is 1.38 bits per heavy atom. The molecular formula is C10H14ClNO3S. The van der Waals surface area contributed by atoms with Crippen LogP contribution in [-0.2, 0) is 9.84 Å². The predicted molar refractivity (Wildman–Crippen MR) is 64.9 cm³/mol. The molecule has 0 amide bonds. The lowest BCUT2D eigenvalue weighted by molar-refractivity contribution is 0.163. The molecule has 0 radical (unpaired) electrons. The lowest BCUT2D eigenvalue weighted by Crippen LogP contribution is -2.35. The molecule has 0 fully saturated rings. The largest absolute Gasteiger partial charge is 0.399 e. The van der Waals surface area contributed by atoms with Gasteiger partial charge in [0, 0.05) is 11.9 Å². The van der Waals surface area contributed by atoms with Crippen LogP contribution in [-0.4, -0.2) is 24.0 Å². The Labute approximate surface area is 100.0 Å². The average Bonchev–Trinajstić information content (AvgIpc) is 2.16. The van der Waals surface area contributed by atoms with E-state index < -0.39 is 20.1 Å². The summed E-state index contributed by atoms with van der Waals surface area (Å²) in [6, 6.07) is 6.25. The van der Waals surface area contributed by atoms with Crippen molar-refractivity contribution in [2.45, 2.75) is 17.2 Å². The summed E-state index contributed by atoms with van der Waals surface area (Å²) >= 11 is 5.87. The van der Waals surface area contributed by atoms with Crippen molar-refractivity contribution in [2.75, 3.05) is 12.0 Å². The van der Waals surface area contributed by atoms with Gasteiger partial charge in [0.1, 0.15) is 6.10 Å². The minimum absolute atomic E-state index is 0.414. The summed E-state index contributed by atoms with van der Waals surface area (Å²) in [5.74, 6) is 0. The Balaban J connectivity index is 3.12. The predicted octanol–water partition coefficient (Wildman–Crippen LogP) is 1.30. The van der Waals surface area contributed by atoms with E-state index in [0.29, 0.717) is 11.3 Å². The third kappa shape index (κ3) is 2.48. The Hall–Kier alpha value is -0.780. The van der Waals surface area contributed by atoms with Crippen LogP contribution in [0.25, 0.3) is 0 Å². The average molecular weight is 264 g/mol. The van der Waals surface area contributed by atoms with Crippen LogP contribution >= 0.6 is 11.6 Å². The molecule has 1 aromatic carbocycles. The van der Waals surface area contributed by atoms with Crippen LogP contribution in [0.5, 0.6) is 0 Å². The number of hydrogen-bond donors (Lipinski definition) is 2. The highest BCUT2D eigenvalue weighted by Crippen LogP contribution is 2.36. The van der Waals surface area contributed by atoms with Gasteiger partial charge in [-0.2, -0.15) is 0 Å². The van der Waals surface area contributed by atoms with Crippen molar-refractivity contribution in [2.24, 2.45) is 0 Å². The van der Waals surface area contributed by atoms with Gasteiger partial charge in [0.25, 0.3) is 0 Å². The molecule has 0 saturated carbocycles. The summed E-state index contributed by atoms with van der Waals surface area (Å²) in [5.41, 5.74) is 6.44. The molecule has 1 aromatic rings. The summed E-state index contributed by atoms with van der Waals surface area (Å²) in [7, 11) is -3.58. The topological polar surface area (TPSA) is 80.4 Å². The van der Waals surface area contributed by atoms with Gasteiger partial charge in [0.05, 0.1) is 0 Å². The molecule has 0 aliphatic rings. The summed E-state index contributed by atoms with van der Waals surface area (Å²) in [6.07, 6.45) is -0.315. The van der Waals surface area contributed by atoms with Gasteiger partial charge in [-0.15, -0.1) is 0 Å². The molecule has 4 nitrogen and oxygen atoms in total. The van der Waals surface area contributed by atoms with Gasteiger partial charge in [-0.05, 0) is 24.6 Å².